The lowest BCUT2D eigenvalue weighted by Crippen LogP contribution is -2.18. The van der Waals surface area contributed by atoms with Gasteiger partial charge in [-0.05, 0) is 63.8 Å². The van der Waals surface area contributed by atoms with Crippen molar-refractivity contribution in [2.24, 2.45) is 0 Å². The van der Waals surface area contributed by atoms with Gasteiger partial charge in [0.15, 0.2) is 5.78 Å². The first-order chi connectivity index (χ1) is 12.9. The SMILES string of the molecule is CC(=O)c1c(C)[nH]c(C(=O)Nc2ccc(C)cc2OCC2CCCO2)c1C. The summed E-state index contributed by atoms with van der Waals surface area (Å²) in [4.78, 5) is 27.6. The number of aryl methyl sites for hydroxylation is 2. The number of hydrogen-bond donors (Lipinski definition) is 2. The van der Waals surface area contributed by atoms with Gasteiger partial charge >= 0.3 is 0 Å². The molecule has 1 unspecified atom stereocenters. The van der Waals surface area contributed by atoms with E-state index < -0.39 is 0 Å². The van der Waals surface area contributed by atoms with Crippen LogP contribution in [0, 0.1) is 20.8 Å². The van der Waals surface area contributed by atoms with Gasteiger partial charge in [-0.15, -0.1) is 0 Å². The first-order valence-corrected chi connectivity index (χ1v) is 9.23. The van der Waals surface area contributed by atoms with E-state index in [-0.39, 0.29) is 17.8 Å². The summed E-state index contributed by atoms with van der Waals surface area (Å²) >= 11 is 0. The van der Waals surface area contributed by atoms with Gasteiger partial charge in [0.25, 0.3) is 5.91 Å². The fourth-order valence-electron chi connectivity index (χ4n) is 3.50. The Kier molecular flexibility index (Phi) is 5.65. The Hall–Kier alpha value is -2.60. The van der Waals surface area contributed by atoms with Crippen LogP contribution in [0.1, 0.15) is 57.4 Å². The standard InChI is InChI=1S/C21H26N2O4/c1-12-7-8-17(18(10-12)27-11-16-6-5-9-26-16)23-21(25)20-13(2)19(15(4)24)14(3)22-20/h7-8,10,16,22H,5-6,9,11H2,1-4H3,(H,23,25). The molecule has 2 N–H and O–H groups in total. The molecule has 0 spiro atoms. The Labute approximate surface area is 159 Å². The number of ketones is 1. The molecule has 0 bridgehead atoms. The van der Waals surface area contributed by atoms with Crippen LogP contribution in [0.3, 0.4) is 0 Å². The number of nitrogens with one attached hydrogen (secondary N) is 2. The Morgan fingerprint density at radius 3 is 2.70 bits per heavy atom. The average molecular weight is 370 g/mol. The zero-order valence-electron chi connectivity index (χ0n) is 16.3. The molecular formula is C21H26N2O4. The number of Topliss-reactive ketones (excluding diaryl/α,β-unsaturated/α-hetero) is 1. The molecule has 0 saturated carbocycles. The maximum Gasteiger partial charge on any atom is 0.272 e. The van der Waals surface area contributed by atoms with Crippen LogP contribution in [-0.2, 0) is 4.74 Å². The molecule has 1 saturated heterocycles. The second kappa shape index (κ2) is 7.96. The predicted molar refractivity (Wildman–Crippen MR) is 104 cm³/mol. The van der Waals surface area contributed by atoms with E-state index in [4.69, 9.17) is 9.47 Å². The van der Waals surface area contributed by atoms with E-state index in [0.717, 1.165) is 25.0 Å². The van der Waals surface area contributed by atoms with Crippen LogP contribution in [0.15, 0.2) is 18.2 Å². The van der Waals surface area contributed by atoms with Crippen molar-refractivity contribution in [2.75, 3.05) is 18.5 Å². The van der Waals surface area contributed by atoms with Crippen LogP contribution >= 0.6 is 0 Å². The van der Waals surface area contributed by atoms with Crippen LogP contribution in [0.25, 0.3) is 0 Å². The molecule has 3 rings (SSSR count). The number of aromatic nitrogens is 1. The number of rotatable bonds is 6. The highest BCUT2D eigenvalue weighted by Crippen LogP contribution is 2.28. The predicted octanol–water partition coefficient (Wildman–Crippen LogP) is 3.95. The molecule has 1 atom stereocenters. The summed E-state index contributed by atoms with van der Waals surface area (Å²) in [6, 6.07) is 5.65. The minimum Gasteiger partial charge on any atom is -0.489 e. The first-order valence-electron chi connectivity index (χ1n) is 9.23. The van der Waals surface area contributed by atoms with E-state index in [9.17, 15) is 9.59 Å². The molecule has 6 heteroatoms. The van der Waals surface area contributed by atoms with E-state index in [1.807, 2.05) is 25.1 Å². The first kappa shape index (κ1) is 19.2. The lowest BCUT2D eigenvalue weighted by molar-refractivity contribution is 0.0681. The number of carbonyl (C=O) groups excluding carboxylic acids is 2. The van der Waals surface area contributed by atoms with Crippen molar-refractivity contribution in [1.29, 1.82) is 0 Å². The number of H-pyrrole nitrogens is 1. The average Bonchev–Trinajstić information content (AvgIpc) is 3.22. The monoisotopic (exact) mass is 370 g/mol. The van der Waals surface area contributed by atoms with Gasteiger partial charge in [-0.25, -0.2) is 0 Å². The van der Waals surface area contributed by atoms with Crippen LogP contribution in [0.4, 0.5) is 5.69 Å². The number of amides is 1. The fourth-order valence-corrected chi connectivity index (χ4v) is 3.50. The molecule has 2 heterocycles. The Morgan fingerprint density at radius 1 is 1.30 bits per heavy atom. The van der Waals surface area contributed by atoms with Crippen molar-refractivity contribution in [1.82, 2.24) is 4.98 Å². The lowest BCUT2D eigenvalue weighted by Gasteiger charge is -2.16. The van der Waals surface area contributed by atoms with Gasteiger partial charge in [-0.2, -0.15) is 0 Å². The molecule has 1 aliphatic heterocycles. The second-order valence-electron chi connectivity index (χ2n) is 7.08. The number of carbonyl (C=O) groups is 2. The second-order valence-corrected chi connectivity index (χ2v) is 7.08. The van der Waals surface area contributed by atoms with Gasteiger partial charge in [0, 0.05) is 17.9 Å². The minimum atomic E-state index is -0.297. The van der Waals surface area contributed by atoms with Crippen LogP contribution < -0.4 is 10.1 Å². The summed E-state index contributed by atoms with van der Waals surface area (Å²) in [6.45, 7) is 8.28. The molecule has 1 aromatic heterocycles. The van der Waals surface area contributed by atoms with Crippen molar-refractivity contribution in [3.05, 3.63) is 46.3 Å². The third-order valence-corrected chi connectivity index (χ3v) is 4.85. The van der Waals surface area contributed by atoms with E-state index in [2.05, 4.69) is 10.3 Å². The van der Waals surface area contributed by atoms with Crippen molar-refractivity contribution in [2.45, 2.75) is 46.6 Å². The van der Waals surface area contributed by atoms with E-state index in [1.165, 1.54) is 6.92 Å². The van der Waals surface area contributed by atoms with Crippen LogP contribution in [-0.4, -0.2) is 36.0 Å². The molecule has 2 aromatic rings. The summed E-state index contributed by atoms with van der Waals surface area (Å²) < 4.78 is 11.5. The number of anilines is 1. The summed E-state index contributed by atoms with van der Waals surface area (Å²) in [5.74, 6) is 0.261. The maximum absolute atomic E-state index is 12.8. The summed E-state index contributed by atoms with van der Waals surface area (Å²) in [7, 11) is 0. The molecule has 1 aromatic carbocycles. The van der Waals surface area contributed by atoms with Gasteiger partial charge in [0.1, 0.15) is 18.1 Å². The highest BCUT2D eigenvalue weighted by molar-refractivity contribution is 6.08. The quantitative estimate of drug-likeness (QED) is 0.755. The van der Waals surface area contributed by atoms with Crippen LogP contribution in [0.5, 0.6) is 5.75 Å². The van der Waals surface area contributed by atoms with Crippen molar-refractivity contribution in [3.63, 3.8) is 0 Å². The molecular weight excluding hydrogens is 344 g/mol. The third kappa shape index (κ3) is 4.22. The molecule has 6 nitrogen and oxygen atoms in total. The van der Waals surface area contributed by atoms with E-state index >= 15 is 0 Å². The third-order valence-electron chi connectivity index (χ3n) is 4.85. The van der Waals surface area contributed by atoms with Crippen molar-refractivity contribution >= 4 is 17.4 Å². The van der Waals surface area contributed by atoms with Gasteiger partial charge < -0.3 is 19.8 Å². The number of aromatic amines is 1. The molecule has 1 aliphatic rings. The molecule has 144 valence electrons. The summed E-state index contributed by atoms with van der Waals surface area (Å²) in [6.07, 6.45) is 2.14. The largest absolute Gasteiger partial charge is 0.489 e. The molecule has 27 heavy (non-hydrogen) atoms. The topological polar surface area (TPSA) is 80.4 Å². The van der Waals surface area contributed by atoms with Gasteiger partial charge in [-0.3, -0.25) is 9.59 Å². The van der Waals surface area contributed by atoms with E-state index in [0.29, 0.717) is 40.6 Å². The molecule has 0 radical (unpaired) electrons. The van der Waals surface area contributed by atoms with Gasteiger partial charge in [0.2, 0.25) is 0 Å². The molecule has 0 aliphatic carbocycles. The van der Waals surface area contributed by atoms with Gasteiger partial charge in [-0.1, -0.05) is 6.07 Å². The zero-order chi connectivity index (χ0) is 19.6. The van der Waals surface area contributed by atoms with E-state index in [1.54, 1.807) is 13.8 Å². The Balaban J connectivity index is 1.79. The summed E-state index contributed by atoms with van der Waals surface area (Å²) in [5.41, 5.74) is 3.96. The Morgan fingerprint density at radius 2 is 2.07 bits per heavy atom. The number of benzene rings is 1. The number of hydrogen-bond acceptors (Lipinski definition) is 4. The minimum absolute atomic E-state index is 0.0591. The van der Waals surface area contributed by atoms with Crippen molar-refractivity contribution < 1.29 is 19.1 Å². The highest BCUT2D eigenvalue weighted by Gasteiger charge is 2.21. The number of ether oxygens (including phenoxy) is 2. The molecule has 1 fully saturated rings. The fraction of sp³-hybridized carbons (Fsp3) is 0.429. The lowest BCUT2D eigenvalue weighted by atomic mass is 10.1. The van der Waals surface area contributed by atoms with Crippen molar-refractivity contribution in [3.8, 4) is 5.75 Å². The zero-order valence-corrected chi connectivity index (χ0v) is 16.3. The smallest absolute Gasteiger partial charge is 0.272 e. The normalized spacial score (nSPS) is 16.4. The van der Waals surface area contributed by atoms with Gasteiger partial charge in [0.05, 0.1) is 11.8 Å². The Bertz CT molecular complexity index is 863. The van der Waals surface area contributed by atoms with Crippen LogP contribution in [0.2, 0.25) is 0 Å². The molecule has 1 amide bonds. The highest BCUT2D eigenvalue weighted by atomic mass is 16.5. The maximum atomic E-state index is 12.8. The summed E-state index contributed by atoms with van der Waals surface area (Å²) in [5, 5.41) is 2.90.